The zero-order chi connectivity index (χ0) is 13.0. The van der Waals surface area contributed by atoms with Crippen LogP contribution in [0.2, 0.25) is 4.34 Å². The Kier molecular flexibility index (Phi) is 5.07. The zero-order valence-electron chi connectivity index (χ0n) is 11.2. The third-order valence-electron chi connectivity index (χ3n) is 3.89. The lowest BCUT2D eigenvalue weighted by Gasteiger charge is -2.32. The average molecular weight is 288 g/mol. The van der Waals surface area contributed by atoms with Gasteiger partial charge in [-0.05, 0) is 44.9 Å². The Bertz CT molecular complexity index is 382. The van der Waals surface area contributed by atoms with Gasteiger partial charge in [0.1, 0.15) is 0 Å². The Morgan fingerprint density at radius 3 is 2.94 bits per heavy atom. The number of ether oxygens (including phenoxy) is 1. The number of rotatable bonds is 6. The standard InChI is InChI=1S/C14H22ClNOS/c1-3-7-16-10-14(6-8-17-11(14)2)9-12-4-5-13(15)18-12/h4-5,11,16H,3,6-10H2,1-2H3. The van der Waals surface area contributed by atoms with Gasteiger partial charge in [-0.3, -0.25) is 0 Å². The molecule has 1 N–H and O–H groups in total. The summed E-state index contributed by atoms with van der Waals surface area (Å²) in [5.41, 5.74) is 0.239. The molecule has 2 nitrogen and oxygen atoms in total. The van der Waals surface area contributed by atoms with Crippen LogP contribution in [0.3, 0.4) is 0 Å². The molecular formula is C14H22ClNOS. The van der Waals surface area contributed by atoms with Crippen molar-refractivity contribution in [3.8, 4) is 0 Å². The lowest BCUT2D eigenvalue weighted by molar-refractivity contribution is 0.0635. The van der Waals surface area contributed by atoms with Gasteiger partial charge in [-0.15, -0.1) is 11.3 Å². The second kappa shape index (κ2) is 6.38. The molecule has 18 heavy (non-hydrogen) atoms. The third-order valence-corrected chi connectivity index (χ3v) is 5.12. The first-order chi connectivity index (χ1) is 8.66. The van der Waals surface area contributed by atoms with Gasteiger partial charge in [0, 0.05) is 23.4 Å². The number of thiophene rings is 1. The predicted octanol–water partition coefficient (Wildman–Crippen LogP) is 3.74. The summed E-state index contributed by atoms with van der Waals surface area (Å²) in [5, 5.41) is 3.57. The van der Waals surface area contributed by atoms with E-state index >= 15 is 0 Å². The van der Waals surface area contributed by atoms with Crippen LogP contribution < -0.4 is 5.32 Å². The Hall–Kier alpha value is -0.0900. The van der Waals surface area contributed by atoms with E-state index in [1.165, 1.54) is 11.3 Å². The zero-order valence-corrected chi connectivity index (χ0v) is 12.7. The fraction of sp³-hybridized carbons (Fsp3) is 0.714. The van der Waals surface area contributed by atoms with Crippen LogP contribution in [0.15, 0.2) is 12.1 Å². The van der Waals surface area contributed by atoms with Crippen molar-refractivity contribution in [3.63, 3.8) is 0 Å². The van der Waals surface area contributed by atoms with Crippen LogP contribution in [-0.2, 0) is 11.2 Å². The minimum atomic E-state index is 0.239. The Labute approximate surface area is 119 Å². The predicted molar refractivity (Wildman–Crippen MR) is 78.7 cm³/mol. The molecule has 2 rings (SSSR count). The summed E-state index contributed by atoms with van der Waals surface area (Å²) in [6, 6.07) is 4.15. The second-order valence-electron chi connectivity index (χ2n) is 5.18. The average Bonchev–Trinajstić information content (AvgIpc) is 2.88. The summed E-state index contributed by atoms with van der Waals surface area (Å²) in [5.74, 6) is 0. The molecule has 0 bridgehead atoms. The highest BCUT2D eigenvalue weighted by molar-refractivity contribution is 7.16. The highest BCUT2D eigenvalue weighted by atomic mass is 35.5. The molecule has 1 aliphatic rings. The van der Waals surface area contributed by atoms with Crippen molar-refractivity contribution >= 4 is 22.9 Å². The van der Waals surface area contributed by atoms with Crippen LogP contribution in [0.25, 0.3) is 0 Å². The number of hydrogen-bond acceptors (Lipinski definition) is 3. The molecule has 1 aromatic rings. The number of halogens is 1. The van der Waals surface area contributed by atoms with Crippen LogP contribution in [0, 0.1) is 5.41 Å². The SMILES string of the molecule is CCCNCC1(Cc2ccc(Cl)s2)CCOC1C. The van der Waals surface area contributed by atoms with E-state index in [-0.39, 0.29) is 5.41 Å². The molecule has 0 spiro atoms. The van der Waals surface area contributed by atoms with Gasteiger partial charge in [-0.25, -0.2) is 0 Å². The molecule has 0 aliphatic carbocycles. The fourth-order valence-electron chi connectivity index (χ4n) is 2.65. The monoisotopic (exact) mass is 287 g/mol. The van der Waals surface area contributed by atoms with E-state index in [2.05, 4.69) is 25.2 Å². The van der Waals surface area contributed by atoms with Gasteiger partial charge in [-0.1, -0.05) is 18.5 Å². The molecule has 0 amide bonds. The van der Waals surface area contributed by atoms with Crippen molar-refractivity contribution in [2.45, 2.75) is 39.2 Å². The smallest absolute Gasteiger partial charge is 0.0931 e. The number of nitrogens with one attached hydrogen (secondary N) is 1. The van der Waals surface area contributed by atoms with Crippen LogP contribution >= 0.6 is 22.9 Å². The maximum atomic E-state index is 6.03. The minimum Gasteiger partial charge on any atom is -0.378 e. The topological polar surface area (TPSA) is 21.3 Å². The van der Waals surface area contributed by atoms with Gasteiger partial charge in [0.15, 0.2) is 0 Å². The summed E-state index contributed by atoms with van der Waals surface area (Å²) < 4.78 is 6.69. The summed E-state index contributed by atoms with van der Waals surface area (Å²) in [6.07, 6.45) is 3.71. The molecular weight excluding hydrogens is 266 g/mol. The molecule has 0 radical (unpaired) electrons. The normalized spacial score (nSPS) is 27.8. The van der Waals surface area contributed by atoms with Crippen LogP contribution in [0.1, 0.15) is 31.6 Å². The van der Waals surface area contributed by atoms with E-state index < -0.39 is 0 Å². The lowest BCUT2D eigenvalue weighted by Crippen LogP contribution is -2.41. The molecule has 0 saturated carbocycles. The molecule has 1 aliphatic heterocycles. The molecule has 1 saturated heterocycles. The number of hydrogen-bond donors (Lipinski definition) is 1. The highest BCUT2D eigenvalue weighted by Crippen LogP contribution is 2.39. The maximum absolute atomic E-state index is 6.03. The van der Waals surface area contributed by atoms with Gasteiger partial charge in [0.2, 0.25) is 0 Å². The molecule has 0 aromatic carbocycles. The van der Waals surface area contributed by atoms with Gasteiger partial charge in [0.25, 0.3) is 0 Å². The van der Waals surface area contributed by atoms with E-state index in [0.29, 0.717) is 6.10 Å². The van der Waals surface area contributed by atoms with Crippen molar-refractivity contribution < 1.29 is 4.74 Å². The van der Waals surface area contributed by atoms with Gasteiger partial charge < -0.3 is 10.1 Å². The quantitative estimate of drug-likeness (QED) is 0.805. The lowest BCUT2D eigenvalue weighted by atomic mass is 9.78. The minimum absolute atomic E-state index is 0.239. The van der Waals surface area contributed by atoms with Crippen molar-refractivity contribution in [2.24, 2.45) is 5.41 Å². The third kappa shape index (κ3) is 3.27. The van der Waals surface area contributed by atoms with Crippen molar-refractivity contribution in [1.29, 1.82) is 0 Å². The fourth-order valence-corrected chi connectivity index (χ4v) is 3.90. The molecule has 4 heteroatoms. The van der Waals surface area contributed by atoms with E-state index in [0.717, 1.165) is 36.9 Å². The van der Waals surface area contributed by atoms with Gasteiger partial charge in [0.05, 0.1) is 10.4 Å². The second-order valence-corrected chi connectivity index (χ2v) is 6.98. The van der Waals surface area contributed by atoms with Crippen molar-refractivity contribution in [2.75, 3.05) is 19.7 Å². The summed E-state index contributed by atoms with van der Waals surface area (Å²) in [7, 11) is 0. The van der Waals surface area contributed by atoms with E-state index in [9.17, 15) is 0 Å². The van der Waals surface area contributed by atoms with Crippen molar-refractivity contribution in [1.82, 2.24) is 5.32 Å². The molecule has 102 valence electrons. The highest BCUT2D eigenvalue weighted by Gasteiger charge is 2.41. The Morgan fingerprint density at radius 2 is 2.39 bits per heavy atom. The molecule has 2 atom stereocenters. The molecule has 2 heterocycles. The Balaban J connectivity index is 2.04. The summed E-state index contributed by atoms with van der Waals surface area (Å²) in [4.78, 5) is 1.37. The Morgan fingerprint density at radius 1 is 1.56 bits per heavy atom. The van der Waals surface area contributed by atoms with Crippen LogP contribution in [0.4, 0.5) is 0 Å². The van der Waals surface area contributed by atoms with E-state index in [1.54, 1.807) is 11.3 Å². The first kappa shape index (κ1) is 14.3. The van der Waals surface area contributed by atoms with Gasteiger partial charge in [-0.2, -0.15) is 0 Å². The summed E-state index contributed by atoms with van der Waals surface area (Å²) >= 11 is 7.72. The van der Waals surface area contributed by atoms with Crippen molar-refractivity contribution in [3.05, 3.63) is 21.3 Å². The molecule has 2 unspecified atom stereocenters. The maximum Gasteiger partial charge on any atom is 0.0931 e. The van der Waals surface area contributed by atoms with Gasteiger partial charge >= 0.3 is 0 Å². The van der Waals surface area contributed by atoms with Crippen LogP contribution in [-0.4, -0.2) is 25.8 Å². The molecule has 1 aromatic heterocycles. The largest absolute Gasteiger partial charge is 0.378 e. The van der Waals surface area contributed by atoms with E-state index in [4.69, 9.17) is 16.3 Å². The summed E-state index contributed by atoms with van der Waals surface area (Å²) in [6.45, 7) is 7.41. The first-order valence-corrected chi connectivity index (χ1v) is 7.92. The molecule has 1 fully saturated rings. The van der Waals surface area contributed by atoms with E-state index in [1.807, 2.05) is 6.07 Å². The first-order valence-electron chi connectivity index (χ1n) is 6.73. The van der Waals surface area contributed by atoms with Crippen LogP contribution in [0.5, 0.6) is 0 Å².